The second-order valence-corrected chi connectivity index (χ2v) is 6.75. The number of rotatable bonds is 2. The lowest BCUT2D eigenvalue weighted by Crippen LogP contribution is -2.27. The van der Waals surface area contributed by atoms with Crippen LogP contribution >= 0.6 is 11.6 Å². The smallest absolute Gasteiger partial charge is 0.173 e. The third-order valence-electron chi connectivity index (χ3n) is 4.33. The Morgan fingerprint density at radius 2 is 1.81 bits per heavy atom. The summed E-state index contributed by atoms with van der Waals surface area (Å²) in [6.45, 7) is 1.90. The molecule has 0 aliphatic carbocycles. The quantitative estimate of drug-likeness (QED) is 0.847. The number of anilines is 1. The van der Waals surface area contributed by atoms with E-state index in [4.69, 9.17) is 16.6 Å². The van der Waals surface area contributed by atoms with Crippen LogP contribution in [0.15, 0.2) is 57.8 Å². The average Bonchev–Trinajstić information content (AvgIpc) is 2.85. The van der Waals surface area contributed by atoms with E-state index in [1.54, 1.807) is 31.1 Å². The molecular weight excluding hydrogens is 353 g/mol. The van der Waals surface area contributed by atoms with E-state index in [9.17, 15) is 4.39 Å². The number of fused-ring (bicyclic) bond motifs is 2. The molecule has 2 heterocycles. The molecule has 7 heteroatoms. The van der Waals surface area contributed by atoms with Gasteiger partial charge in [0.15, 0.2) is 5.84 Å². The molecule has 132 valence electrons. The van der Waals surface area contributed by atoms with Crippen LogP contribution in [0.2, 0.25) is 5.02 Å². The maximum Gasteiger partial charge on any atom is 0.173 e. The SMILES string of the molecule is CC1=C2N=C(c3ccccc3Cl)c3cc(F)c(N(C)C)cc3N=C2NN1. The van der Waals surface area contributed by atoms with Crippen LogP contribution < -0.4 is 15.8 Å². The summed E-state index contributed by atoms with van der Waals surface area (Å²) in [7, 11) is 3.59. The minimum absolute atomic E-state index is 0.336. The van der Waals surface area contributed by atoms with Crippen molar-refractivity contribution in [2.24, 2.45) is 9.98 Å². The maximum atomic E-state index is 14.7. The van der Waals surface area contributed by atoms with Gasteiger partial charge in [0.25, 0.3) is 0 Å². The van der Waals surface area contributed by atoms with Crippen molar-refractivity contribution < 1.29 is 4.39 Å². The third-order valence-corrected chi connectivity index (χ3v) is 4.66. The highest BCUT2D eigenvalue weighted by molar-refractivity contribution is 6.36. The first kappa shape index (κ1) is 16.6. The Labute approximate surface area is 155 Å². The van der Waals surface area contributed by atoms with Crippen LogP contribution in [-0.2, 0) is 0 Å². The molecule has 0 saturated heterocycles. The Kier molecular flexibility index (Phi) is 3.92. The van der Waals surface area contributed by atoms with E-state index >= 15 is 0 Å². The van der Waals surface area contributed by atoms with Gasteiger partial charge in [-0.25, -0.2) is 14.4 Å². The molecule has 2 aromatic rings. The first-order valence-electron chi connectivity index (χ1n) is 8.12. The Bertz CT molecular complexity index is 1010. The van der Waals surface area contributed by atoms with Crippen molar-refractivity contribution in [3.63, 3.8) is 0 Å². The fraction of sp³-hybridized carbons (Fsp3) is 0.158. The molecule has 26 heavy (non-hydrogen) atoms. The predicted molar refractivity (Wildman–Crippen MR) is 104 cm³/mol. The fourth-order valence-corrected chi connectivity index (χ4v) is 3.22. The van der Waals surface area contributed by atoms with Crippen molar-refractivity contribution >= 4 is 34.5 Å². The van der Waals surface area contributed by atoms with E-state index in [0.717, 1.165) is 11.3 Å². The van der Waals surface area contributed by atoms with E-state index in [2.05, 4.69) is 15.8 Å². The molecular formula is C19H17ClFN5. The highest BCUT2D eigenvalue weighted by Crippen LogP contribution is 2.35. The first-order chi connectivity index (χ1) is 12.5. The molecule has 2 N–H and O–H groups in total. The van der Waals surface area contributed by atoms with Crippen LogP contribution in [-0.4, -0.2) is 25.6 Å². The first-order valence-corrected chi connectivity index (χ1v) is 8.50. The van der Waals surface area contributed by atoms with Crippen molar-refractivity contribution in [2.75, 3.05) is 19.0 Å². The van der Waals surface area contributed by atoms with Crippen LogP contribution in [0.25, 0.3) is 0 Å². The minimum Gasteiger partial charge on any atom is -0.375 e. The molecule has 0 atom stereocenters. The molecule has 2 aliphatic rings. The summed E-state index contributed by atoms with van der Waals surface area (Å²) < 4.78 is 14.7. The predicted octanol–water partition coefficient (Wildman–Crippen LogP) is 3.77. The number of aliphatic imine (C=N–C) groups is 2. The van der Waals surface area contributed by atoms with E-state index < -0.39 is 0 Å². The summed E-state index contributed by atoms with van der Waals surface area (Å²) in [5, 5.41) is 0.551. The number of amidine groups is 1. The second-order valence-electron chi connectivity index (χ2n) is 6.34. The number of nitrogens with one attached hydrogen (secondary N) is 2. The summed E-state index contributed by atoms with van der Waals surface area (Å²) in [5.74, 6) is 0.264. The van der Waals surface area contributed by atoms with Gasteiger partial charge in [-0.05, 0) is 25.1 Å². The van der Waals surface area contributed by atoms with Crippen molar-refractivity contribution in [3.8, 4) is 0 Å². The topological polar surface area (TPSA) is 52.0 Å². The number of allylic oxidation sites excluding steroid dienone is 1. The zero-order chi connectivity index (χ0) is 18.4. The Balaban J connectivity index is 2.04. The van der Waals surface area contributed by atoms with Gasteiger partial charge in [0, 0.05) is 30.2 Å². The van der Waals surface area contributed by atoms with Crippen LogP contribution in [0.1, 0.15) is 18.1 Å². The van der Waals surface area contributed by atoms with Crippen LogP contribution in [0.4, 0.5) is 15.8 Å². The summed E-state index contributed by atoms with van der Waals surface area (Å²) in [6, 6.07) is 10.6. The summed E-state index contributed by atoms with van der Waals surface area (Å²) in [4.78, 5) is 11.2. The van der Waals surface area contributed by atoms with Crippen LogP contribution in [0.5, 0.6) is 0 Å². The lowest BCUT2D eigenvalue weighted by molar-refractivity contribution is 0.626. The largest absolute Gasteiger partial charge is 0.375 e. The standard InChI is InChI=1S/C19H17ClFN5/c1-10-17-19(25-24-10)22-15-9-16(26(2)3)14(21)8-12(15)18(23-17)11-6-4-5-7-13(11)20/h4-9H,1-3H3,(H2,22,24,25). The minimum atomic E-state index is -0.336. The molecule has 0 spiro atoms. The third kappa shape index (κ3) is 2.63. The van der Waals surface area contributed by atoms with Crippen LogP contribution in [0.3, 0.4) is 0 Å². The Morgan fingerprint density at radius 3 is 2.54 bits per heavy atom. The van der Waals surface area contributed by atoms with E-state index in [-0.39, 0.29) is 5.82 Å². The molecule has 0 saturated carbocycles. The highest BCUT2D eigenvalue weighted by Gasteiger charge is 2.26. The fourth-order valence-electron chi connectivity index (χ4n) is 2.99. The monoisotopic (exact) mass is 369 g/mol. The van der Waals surface area contributed by atoms with Gasteiger partial charge in [0.05, 0.1) is 22.8 Å². The van der Waals surface area contributed by atoms with Gasteiger partial charge < -0.3 is 10.3 Å². The normalized spacial score (nSPS) is 15.3. The number of benzene rings is 2. The van der Waals surface area contributed by atoms with E-state index in [1.807, 2.05) is 25.1 Å². The maximum absolute atomic E-state index is 14.7. The number of nitrogens with zero attached hydrogens (tertiary/aromatic N) is 3. The number of hydrazine groups is 1. The van der Waals surface area contributed by atoms with Gasteiger partial charge in [-0.2, -0.15) is 0 Å². The molecule has 0 radical (unpaired) electrons. The van der Waals surface area contributed by atoms with E-state index in [0.29, 0.717) is 39.2 Å². The average molecular weight is 370 g/mol. The van der Waals surface area contributed by atoms with Crippen molar-refractivity contribution in [3.05, 3.63) is 69.8 Å². The molecule has 0 fully saturated rings. The zero-order valence-electron chi connectivity index (χ0n) is 14.6. The lowest BCUT2D eigenvalue weighted by Gasteiger charge is -2.17. The molecule has 0 bridgehead atoms. The van der Waals surface area contributed by atoms with Gasteiger partial charge in [0.2, 0.25) is 0 Å². The van der Waals surface area contributed by atoms with E-state index in [1.165, 1.54) is 6.07 Å². The molecule has 0 aromatic heterocycles. The number of hydrogen-bond donors (Lipinski definition) is 2. The summed E-state index contributed by atoms with van der Waals surface area (Å²) in [5.41, 5.74) is 10.6. The van der Waals surface area contributed by atoms with Crippen molar-refractivity contribution in [1.82, 2.24) is 10.9 Å². The molecule has 2 aliphatic heterocycles. The lowest BCUT2D eigenvalue weighted by atomic mass is 9.99. The summed E-state index contributed by atoms with van der Waals surface area (Å²) in [6.07, 6.45) is 0. The molecule has 0 unspecified atom stereocenters. The van der Waals surface area contributed by atoms with Gasteiger partial charge in [0.1, 0.15) is 11.5 Å². The molecule has 2 aromatic carbocycles. The Morgan fingerprint density at radius 1 is 1.04 bits per heavy atom. The summed E-state index contributed by atoms with van der Waals surface area (Å²) >= 11 is 6.41. The number of hydrogen-bond acceptors (Lipinski definition) is 5. The molecule has 0 amide bonds. The highest BCUT2D eigenvalue weighted by atomic mass is 35.5. The van der Waals surface area contributed by atoms with Gasteiger partial charge >= 0.3 is 0 Å². The van der Waals surface area contributed by atoms with Gasteiger partial charge in [-0.1, -0.05) is 29.8 Å². The van der Waals surface area contributed by atoms with Gasteiger partial charge in [-0.3, -0.25) is 5.43 Å². The number of halogens is 2. The van der Waals surface area contributed by atoms with Gasteiger partial charge in [-0.15, -0.1) is 0 Å². The second kappa shape index (κ2) is 6.14. The Hall–Kier alpha value is -2.86. The van der Waals surface area contributed by atoms with Crippen molar-refractivity contribution in [2.45, 2.75) is 6.92 Å². The molecule has 4 rings (SSSR count). The van der Waals surface area contributed by atoms with Crippen LogP contribution in [0, 0.1) is 5.82 Å². The van der Waals surface area contributed by atoms with Crippen molar-refractivity contribution in [1.29, 1.82) is 0 Å². The zero-order valence-corrected chi connectivity index (χ0v) is 15.3. The molecule has 5 nitrogen and oxygen atoms in total.